The molecule has 0 aromatic heterocycles. The van der Waals surface area contributed by atoms with E-state index in [1.165, 1.54) is 18.2 Å². The Morgan fingerprint density at radius 2 is 2.09 bits per heavy atom. The smallest absolute Gasteiger partial charge is 0.306 e. The lowest BCUT2D eigenvalue weighted by Gasteiger charge is -2.32. The normalized spacial score (nSPS) is 19.9. The van der Waals surface area contributed by atoms with E-state index in [-0.39, 0.29) is 18.6 Å². The van der Waals surface area contributed by atoms with Gasteiger partial charge < -0.3 is 19.9 Å². The Morgan fingerprint density at radius 3 is 2.74 bits per heavy atom. The maximum atomic E-state index is 13.7. The van der Waals surface area contributed by atoms with Gasteiger partial charge in [-0.1, -0.05) is 0 Å². The molecule has 0 saturated heterocycles. The summed E-state index contributed by atoms with van der Waals surface area (Å²) < 4.78 is 23.8. The average Bonchev–Trinajstić information content (AvgIpc) is 2.48. The largest absolute Gasteiger partial charge is 0.481 e. The summed E-state index contributed by atoms with van der Waals surface area (Å²) in [5.74, 6) is -2.00. The number of amides is 1. The van der Waals surface area contributed by atoms with Crippen LogP contribution in [0.3, 0.4) is 0 Å². The van der Waals surface area contributed by atoms with E-state index in [9.17, 15) is 14.0 Å². The quantitative estimate of drug-likeness (QED) is 0.709. The number of ether oxygens (including phenoxy) is 2. The molecule has 1 amide bonds. The highest BCUT2D eigenvalue weighted by atomic mass is 19.1. The van der Waals surface area contributed by atoms with E-state index in [1.54, 1.807) is 7.11 Å². The molecule has 23 heavy (non-hydrogen) atoms. The first-order chi connectivity index (χ1) is 11.0. The van der Waals surface area contributed by atoms with Gasteiger partial charge in [-0.2, -0.15) is 0 Å². The third kappa shape index (κ3) is 4.74. The van der Waals surface area contributed by atoms with Crippen molar-refractivity contribution in [1.82, 2.24) is 5.32 Å². The fourth-order valence-electron chi connectivity index (χ4n) is 2.36. The molecule has 1 aliphatic carbocycles. The molecule has 1 aliphatic rings. The number of hydrogen-bond donors (Lipinski definition) is 2. The van der Waals surface area contributed by atoms with Crippen LogP contribution in [0.4, 0.5) is 4.39 Å². The number of hydrogen-bond acceptors (Lipinski definition) is 4. The highest BCUT2D eigenvalue weighted by Crippen LogP contribution is 2.27. The van der Waals surface area contributed by atoms with E-state index in [0.717, 1.165) is 0 Å². The number of benzene rings is 1. The summed E-state index contributed by atoms with van der Waals surface area (Å²) in [4.78, 5) is 22.9. The lowest BCUT2D eigenvalue weighted by molar-refractivity contribution is -0.145. The zero-order valence-electron chi connectivity index (χ0n) is 12.9. The minimum absolute atomic E-state index is 0.0564. The lowest BCUT2D eigenvalue weighted by atomic mass is 9.80. The van der Waals surface area contributed by atoms with Crippen LogP contribution in [0.15, 0.2) is 18.2 Å². The van der Waals surface area contributed by atoms with E-state index in [1.807, 2.05) is 0 Å². The van der Waals surface area contributed by atoms with Crippen LogP contribution in [0.25, 0.3) is 0 Å². The Balaban J connectivity index is 1.89. The molecule has 0 bridgehead atoms. The zero-order chi connectivity index (χ0) is 16.8. The minimum Gasteiger partial charge on any atom is -0.481 e. The number of methoxy groups -OCH3 is 1. The van der Waals surface area contributed by atoms with E-state index in [4.69, 9.17) is 14.6 Å². The molecule has 126 valence electrons. The summed E-state index contributed by atoms with van der Waals surface area (Å²) in [6, 6.07) is 3.93. The van der Waals surface area contributed by atoms with Gasteiger partial charge in [0.15, 0.2) is 0 Å². The highest BCUT2D eigenvalue weighted by molar-refractivity contribution is 5.94. The minimum atomic E-state index is -0.840. The number of carboxylic acid groups (broad SMARTS) is 1. The lowest BCUT2D eigenvalue weighted by Crippen LogP contribution is -2.46. The Labute approximate surface area is 133 Å². The first kappa shape index (κ1) is 17.4. The topological polar surface area (TPSA) is 84.9 Å². The summed E-state index contributed by atoms with van der Waals surface area (Å²) in [5, 5.41) is 11.6. The summed E-state index contributed by atoms with van der Waals surface area (Å²) in [7, 11) is 1.55. The van der Waals surface area contributed by atoms with Crippen molar-refractivity contribution < 1.29 is 28.6 Å². The van der Waals surface area contributed by atoms with Gasteiger partial charge in [0.05, 0.1) is 25.7 Å². The molecular weight excluding hydrogens is 305 g/mol. The molecule has 0 spiro atoms. The molecule has 0 heterocycles. The van der Waals surface area contributed by atoms with Gasteiger partial charge in [-0.05, 0) is 31.0 Å². The number of carbonyl (C=O) groups is 2. The molecule has 6 nitrogen and oxygen atoms in total. The second kappa shape index (κ2) is 8.03. The molecular formula is C16H20FNO5. The van der Waals surface area contributed by atoms with Crippen LogP contribution < -0.4 is 5.32 Å². The maximum absolute atomic E-state index is 13.7. The SMILES string of the molecule is COCCOCc1cc(C(=O)NC2CC(C(=O)O)C2)ccc1F. The van der Waals surface area contributed by atoms with Crippen molar-refractivity contribution in [3.63, 3.8) is 0 Å². The van der Waals surface area contributed by atoms with Crippen molar-refractivity contribution in [3.8, 4) is 0 Å². The van der Waals surface area contributed by atoms with Gasteiger partial charge in [-0.3, -0.25) is 9.59 Å². The molecule has 1 aromatic rings. The van der Waals surface area contributed by atoms with Gasteiger partial charge in [0, 0.05) is 24.3 Å². The van der Waals surface area contributed by atoms with Gasteiger partial charge in [-0.15, -0.1) is 0 Å². The fraction of sp³-hybridized carbons (Fsp3) is 0.500. The van der Waals surface area contributed by atoms with Crippen LogP contribution in [0.1, 0.15) is 28.8 Å². The van der Waals surface area contributed by atoms with Crippen molar-refractivity contribution in [2.75, 3.05) is 20.3 Å². The van der Waals surface area contributed by atoms with E-state index >= 15 is 0 Å². The van der Waals surface area contributed by atoms with E-state index < -0.39 is 17.7 Å². The molecule has 1 saturated carbocycles. The molecule has 7 heteroatoms. The second-order valence-electron chi connectivity index (χ2n) is 5.53. The van der Waals surface area contributed by atoms with E-state index in [2.05, 4.69) is 5.32 Å². The van der Waals surface area contributed by atoms with Crippen LogP contribution in [0, 0.1) is 11.7 Å². The third-order valence-corrected chi connectivity index (χ3v) is 3.82. The molecule has 2 N–H and O–H groups in total. The Morgan fingerprint density at radius 1 is 1.35 bits per heavy atom. The van der Waals surface area contributed by atoms with Crippen LogP contribution in [-0.2, 0) is 20.9 Å². The van der Waals surface area contributed by atoms with Crippen molar-refractivity contribution in [2.45, 2.75) is 25.5 Å². The number of aliphatic carboxylic acids is 1. The predicted octanol–water partition coefficient (Wildman–Crippen LogP) is 1.58. The Kier molecular flexibility index (Phi) is 6.06. The average molecular weight is 325 g/mol. The maximum Gasteiger partial charge on any atom is 0.306 e. The molecule has 0 atom stereocenters. The molecule has 1 fully saturated rings. The van der Waals surface area contributed by atoms with Gasteiger partial charge in [0.2, 0.25) is 0 Å². The number of nitrogens with one attached hydrogen (secondary N) is 1. The first-order valence-corrected chi connectivity index (χ1v) is 7.40. The van der Waals surface area contributed by atoms with Crippen molar-refractivity contribution in [3.05, 3.63) is 35.1 Å². The predicted molar refractivity (Wildman–Crippen MR) is 79.5 cm³/mol. The molecule has 2 rings (SSSR count). The van der Waals surface area contributed by atoms with Crippen molar-refractivity contribution in [1.29, 1.82) is 0 Å². The highest BCUT2D eigenvalue weighted by Gasteiger charge is 2.35. The number of carboxylic acids is 1. The molecule has 0 radical (unpaired) electrons. The summed E-state index contributed by atoms with van der Waals surface area (Å²) in [6.07, 6.45) is 0.852. The van der Waals surface area contributed by atoms with Gasteiger partial charge in [-0.25, -0.2) is 4.39 Å². The number of carbonyl (C=O) groups excluding carboxylic acids is 1. The fourth-order valence-corrected chi connectivity index (χ4v) is 2.36. The Bertz CT molecular complexity index is 572. The molecule has 0 unspecified atom stereocenters. The van der Waals surface area contributed by atoms with Crippen LogP contribution >= 0.6 is 0 Å². The third-order valence-electron chi connectivity index (χ3n) is 3.82. The van der Waals surface area contributed by atoms with Gasteiger partial charge in [0.25, 0.3) is 5.91 Å². The van der Waals surface area contributed by atoms with Gasteiger partial charge in [0.1, 0.15) is 5.82 Å². The Hall–Kier alpha value is -1.99. The van der Waals surface area contributed by atoms with Crippen LogP contribution in [-0.4, -0.2) is 43.3 Å². The number of halogens is 1. The molecule has 1 aromatic carbocycles. The van der Waals surface area contributed by atoms with Crippen LogP contribution in [0.2, 0.25) is 0 Å². The summed E-state index contributed by atoms with van der Waals surface area (Å²) in [6.45, 7) is 0.806. The summed E-state index contributed by atoms with van der Waals surface area (Å²) >= 11 is 0. The standard InChI is InChI=1S/C16H20FNO5/c1-22-4-5-23-9-12-6-10(2-3-14(12)17)15(19)18-13-7-11(8-13)16(20)21/h2-3,6,11,13H,4-5,7-9H2,1H3,(H,18,19)(H,20,21). The monoisotopic (exact) mass is 325 g/mol. The van der Waals surface area contributed by atoms with E-state index in [0.29, 0.717) is 37.2 Å². The zero-order valence-corrected chi connectivity index (χ0v) is 12.9. The van der Waals surface area contributed by atoms with Crippen LogP contribution in [0.5, 0.6) is 0 Å². The van der Waals surface area contributed by atoms with Gasteiger partial charge >= 0.3 is 5.97 Å². The number of rotatable bonds is 8. The van der Waals surface area contributed by atoms with Crippen molar-refractivity contribution in [2.24, 2.45) is 5.92 Å². The van der Waals surface area contributed by atoms with Crippen molar-refractivity contribution >= 4 is 11.9 Å². The second-order valence-corrected chi connectivity index (χ2v) is 5.53. The first-order valence-electron chi connectivity index (χ1n) is 7.40. The molecule has 0 aliphatic heterocycles. The summed E-state index contributed by atoms with van der Waals surface area (Å²) in [5.41, 5.74) is 0.626.